The molecule has 5 heteroatoms. The molecular weight excluding hydrogens is 220 g/mol. The van der Waals surface area contributed by atoms with Gasteiger partial charge in [0.05, 0.1) is 13.0 Å². The predicted octanol–water partition coefficient (Wildman–Crippen LogP) is 1.57. The Balaban J connectivity index is 2.68. The van der Waals surface area contributed by atoms with Crippen LogP contribution in [0.2, 0.25) is 0 Å². The zero-order chi connectivity index (χ0) is 12.7. The van der Waals surface area contributed by atoms with Gasteiger partial charge in [-0.25, -0.2) is 10.3 Å². The van der Waals surface area contributed by atoms with E-state index in [2.05, 4.69) is 10.2 Å². The number of hydrogen-bond donors (Lipinski definition) is 2. The minimum absolute atomic E-state index is 0.334. The number of hydrogen-bond acceptors (Lipinski definition) is 3. The molecule has 0 heterocycles. The average Bonchev–Trinajstić information content (AvgIpc) is 2.31. The van der Waals surface area contributed by atoms with Crippen molar-refractivity contribution in [3.05, 3.63) is 35.9 Å². The number of carbonyl (C=O) groups is 2. The highest BCUT2D eigenvalue weighted by Crippen LogP contribution is 2.18. The van der Waals surface area contributed by atoms with Gasteiger partial charge in [-0.15, -0.1) is 0 Å². The summed E-state index contributed by atoms with van der Waals surface area (Å²) in [6.07, 6.45) is 0.621. The first-order valence-corrected chi connectivity index (χ1v) is 5.37. The fraction of sp³-hybridized carbons (Fsp3) is 0.333. The van der Waals surface area contributed by atoms with Crippen molar-refractivity contribution in [1.29, 1.82) is 0 Å². The zero-order valence-electron chi connectivity index (χ0n) is 9.90. The number of rotatable bonds is 4. The molecule has 0 aromatic heterocycles. The lowest BCUT2D eigenvalue weighted by molar-refractivity contribution is -0.121. The van der Waals surface area contributed by atoms with E-state index in [1.165, 1.54) is 7.11 Å². The van der Waals surface area contributed by atoms with E-state index in [4.69, 9.17) is 0 Å². The first-order valence-electron chi connectivity index (χ1n) is 5.37. The van der Waals surface area contributed by atoms with Gasteiger partial charge >= 0.3 is 6.03 Å². The van der Waals surface area contributed by atoms with E-state index in [0.717, 1.165) is 5.56 Å². The van der Waals surface area contributed by atoms with Gasteiger partial charge in [-0.05, 0) is 12.0 Å². The Kier molecular flexibility index (Phi) is 5.16. The zero-order valence-corrected chi connectivity index (χ0v) is 9.90. The summed E-state index contributed by atoms with van der Waals surface area (Å²) in [4.78, 5) is 27.4. The molecule has 0 radical (unpaired) electrons. The summed E-state index contributed by atoms with van der Waals surface area (Å²) in [6.45, 7) is 1.89. The number of nitrogens with one attached hydrogen (secondary N) is 2. The molecule has 0 bridgehead atoms. The Morgan fingerprint density at radius 2 is 1.94 bits per heavy atom. The molecule has 1 aromatic carbocycles. The van der Waals surface area contributed by atoms with Crippen molar-refractivity contribution in [3.63, 3.8) is 0 Å². The molecular formula is C12H16N2O3. The van der Waals surface area contributed by atoms with Gasteiger partial charge in [0.15, 0.2) is 0 Å². The number of hydroxylamine groups is 1. The first-order chi connectivity index (χ1) is 8.19. The molecule has 5 nitrogen and oxygen atoms in total. The summed E-state index contributed by atoms with van der Waals surface area (Å²) < 4.78 is 0. The normalized spacial score (nSPS) is 11.6. The maximum absolute atomic E-state index is 11.8. The summed E-state index contributed by atoms with van der Waals surface area (Å²) >= 11 is 0. The van der Waals surface area contributed by atoms with Gasteiger partial charge in [0.1, 0.15) is 0 Å². The number of benzene rings is 1. The number of amides is 3. The lowest BCUT2D eigenvalue weighted by Crippen LogP contribution is -2.41. The Labute approximate surface area is 100 Å². The third-order valence-corrected chi connectivity index (χ3v) is 2.36. The van der Waals surface area contributed by atoms with Crippen LogP contribution in [0.4, 0.5) is 4.79 Å². The van der Waals surface area contributed by atoms with Gasteiger partial charge in [-0.2, -0.15) is 0 Å². The molecule has 1 atom stereocenters. The Morgan fingerprint density at radius 1 is 1.29 bits per heavy atom. The van der Waals surface area contributed by atoms with E-state index in [1.54, 1.807) is 0 Å². The molecule has 0 spiro atoms. The lowest BCUT2D eigenvalue weighted by Gasteiger charge is -2.14. The van der Waals surface area contributed by atoms with Gasteiger partial charge in [-0.3, -0.25) is 14.9 Å². The fourth-order valence-electron chi connectivity index (χ4n) is 1.58. The van der Waals surface area contributed by atoms with Crippen molar-refractivity contribution in [2.24, 2.45) is 0 Å². The minimum atomic E-state index is -0.660. The van der Waals surface area contributed by atoms with Crippen molar-refractivity contribution >= 4 is 11.9 Å². The van der Waals surface area contributed by atoms with Gasteiger partial charge in [0.2, 0.25) is 5.91 Å². The molecule has 0 aliphatic rings. The smallest absolute Gasteiger partial charge is 0.276 e. The van der Waals surface area contributed by atoms with Crippen LogP contribution in [-0.2, 0) is 9.63 Å². The van der Waals surface area contributed by atoms with Crippen LogP contribution in [0.3, 0.4) is 0 Å². The van der Waals surface area contributed by atoms with Gasteiger partial charge in [0.25, 0.3) is 0 Å². The van der Waals surface area contributed by atoms with Gasteiger partial charge in [-0.1, -0.05) is 37.3 Å². The second-order valence-electron chi connectivity index (χ2n) is 3.50. The Morgan fingerprint density at radius 3 is 2.47 bits per heavy atom. The molecule has 92 valence electrons. The van der Waals surface area contributed by atoms with Crippen molar-refractivity contribution < 1.29 is 14.4 Å². The average molecular weight is 236 g/mol. The monoisotopic (exact) mass is 236 g/mol. The standard InChI is InChI=1S/C12H16N2O3/c1-3-10(9-7-5-4-6-8-9)11(15)13-12(16)14-17-2/h4-8,10H,3H2,1-2H3,(H2,13,14,15,16). The summed E-state index contributed by atoms with van der Waals surface area (Å²) in [7, 11) is 1.30. The van der Waals surface area contributed by atoms with Crippen LogP contribution < -0.4 is 10.8 Å². The third kappa shape index (κ3) is 3.88. The summed E-state index contributed by atoms with van der Waals surface area (Å²) in [5, 5.41) is 2.22. The predicted molar refractivity (Wildman–Crippen MR) is 63.2 cm³/mol. The maximum atomic E-state index is 11.8. The molecule has 0 aliphatic carbocycles. The quantitative estimate of drug-likeness (QED) is 0.780. The maximum Gasteiger partial charge on any atom is 0.345 e. The highest BCUT2D eigenvalue weighted by atomic mass is 16.6. The third-order valence-electron chi connectivity index (χ3n) is 2.36. The van der Waals surface area contributed by atoms with Crippen LogP contribution in [0.1, 0.15) is 24.8 Å². The molecule has 3 amide bonds. The van der Waals surface area contributed by atoms with Crippen LogP contribution in [0.5, 0.6) is 0 Å². The Bertz CT molecular complexity index is 379. The van der Waals surface area contributed by atoms with Crippen molar-refractivity contribution in [2.75, 3.05) is 7.11 Å². The minimum Gasteiger partial charge on any atom is -0.276 e. The number of carbonyl (C=O) groups excluding carboxylic acids is 2. The van der Waals surface area contributed by atoms with Crippen LogP contribution in [0, 0.1) is 0 Å². The second kappa shape index (κ2) is 6.65. The van der Waals surface area contributed by atoms with Crippen molar-refractivity contribution in [2.45, 2.75) is 19.3 Å². The molecule has 0 saturated carbocycles. The van der Waals surface area contributed by atoms with Crippen LogP contribution in [0.15, 0.2) is 30.3 Å². The topological polar surface area (TPSA) is 67.4 Å². The molecule has 17 heavy (non-hydrogen) atoms. The summed E-state index contributed by atoms with van der Waals surface area (Å²) in [5.41, 5.74) is 2.92. The van der Waals surface area contributed by atoms with E-state index in [9.17, 15) is 9.59 Å². The van der Waals surface area contributed by atoms with E-state index in [1.807, 2.05) is 42.7 Å². The number of imide groups is 1. The highest BCUT2D eigenvalue weighted by molar-refractivity contribution is 5.97. The van der Waals surface area contributed by atoms with Crippen LogP contribution in [0.25, 0.3) is 0 Å². The Hall–Kier alpha value is -1.88. The van der Waals surface area contributed by atoms with Crippen LogP contribution >= 0.6 is 0 Å². The van der Waals surface area contributed by atoms with Crippen molar-refractivity contribution in [1.82, 2.24) is 10.8 Å². The van der Waals surface area contributed by atoms with E-state index in [0.29, 0.717) is 6.42 Å². The van der Waals surface area contributed by atoms with E-state index in [-0.39, 0.29) is 11.8 Å². The summed E-state index contributed by atoms with van der Waals surface area (Å²) in [5.74, 6) is -0.674. The van der Waals surface area contributed by atoms with E-state index >= 15 is 0 Å². The van der Waals surface area contributed by atoms with Gasteiger partial charge in [0, 0.05) is 0 Å². The molecule has 1 aromatic rings. The van der Waals surface area contributed by atoms with E-state index < -0.39 is 6.03 Å². The second-order valence-corrected chi connectivity index (χ2v) is 3.50. The highest BCUT2D eigenvalue weighted by Gasteiger charge is 2.20. The van der Waals surface area contributed by atoms with Gasteiger partial charge < -0.3 is 0 Å². The summed E-state index contributed by atoms with van der Waals surface area (Å²) in [6, 6.07) is 8.67. The molecule has 1 rings (SSSR count). The SMILES string of the molecule is CCC(C(=O)NC(=O)NOC)c1ccccc1. The molecule has 0 saturated heterocycles. The first kappa shape index (κ1) is 13.2. The molecule has 1 unspecified atom stereocenters. The lowest BCUT2D eigenvalue weighted by atomic mass is 9.96. The largest absolute Gasteiger partial charge is 0.345 e. The van der Waals surface area contributed by atoms with Crippen molar-refractivity contribution in [3.8, 4) is 0 Å². The molecule has 2 N–H and O–H groups in total. The number of urea groups is 1. The fourth-order valence-corrected chi connectivity index (χ4v) is 1.58. The molecule has 0 aliphatic heterocycles. The van der Waals surface area contributed by atoms with Crippen LogP contribution in [-0.4, -0.2) is 19.0 Å². The molecule has 0 fully saturated rings.